The van der Waals surface area contributed by atoms with E-state index in [9.17, 15) is 15.0 Å². The lowest BCUT2D eigenvalue weighted by Crippen LogP contribution is -2.31. The highest BCUT2D eigenvalue weighted by Gasteiger charge is 2.44. The molecule has 11 nitrogen and oxygen atoms in total. The molecule has 164 valence electrons. The number of carbonyl (C=O) groups is 1. The van der Waals surface area contributed by atoms with E-state index in [4.69, 9.17) is 9.84 Å². The topological polar surface area (TPSA) is 156 Å². The fraction of sp³-hybridized carbons (Fsp3) is 0.611. The molecule has 0 aromatic carbocycles. The summed E-state index contributed by atoms with van der Waals surface area (Å²) in [5.41, 5.74) is 0.795. The second-order valence-corrected chi connectivity index (χ2v) is 7.92. The number of nitrogens with one attached hydrogen (secondary N) is 1. The maximum Gasteiger partial charge on any atom is 0.328 e. The second kappa shape index (κ2) is 10.2. The third-order valence-electron chi connectivity index (χ3n) is 4.51. The molecule has 0 amide bonds. The molecular weight excluding hydrogens is 412 g/mol. The molecule has 2 aromatic heterocycles. The average molecular weight is 439 g/mol. The summed E-state index contributed by atoms with van der Waals surface area (Å²) >= 11 is 1.50. The van der Waals surface area contributed by atoms with Crippen LogP contribution in [0.2, 0.25) is 0 Å². The Morgan fingerprint density at radius 2 is 2.07 bits per heavy atom. The normalized spacial score (nSPS) is 24.1. The number of rotatable bonds is 10. The van der Waals surface area contributed by atoms with Crippen LogP contribution in [0.25, 0.3) is 11.2 Å². The van der Waals surface area contributed by atoms with Crippen molar-refractivity contribution >= 4 is 34.7 Å². The molecule has 3 rings (SSSR count). The number of aliphatic hydroxyl groups excluding tert-OH is 2. The molecule has 1 aliphatic heterocycles. The molecule has 0 bridgehead atoms. The summed E-state index contributed by atoms with van der Waals surface area (Å²) in [7, 11) is 0. The standard InChI is InChI=1S/C18H26N6O5S/c1-3-5-8-19-15-12-16(21-18(20-15)30-9-4-2)24(23-22-12)17-14(28)13(27)10(29-17)6-7-11(25)26/h6-7,10,13-14,17,27-28H,3-5,8-9H2,1-2H3,(H,25,26)(H,19,20,21)/b7-6+/t10-,13-,14-,17-/m1/s1. The largest absolute Gasteiger partial charge is 0.478 e. The first kappa shape index (κ1) is 22.4. The smallest absolute Gasteiger partial charge is 0.328 e. The SMILES string of the molecule is CCCCNc1nc(SCCC)nc2c1nnn2[C@@H]1O[C@H](/C=C/C(=O)O)[C@@H](O)[C@H]1O. The van der Waals surface area contributed by atoms with Crippen molar-refractivity contribution in [1.82, 2.24) is 25.0 Å². The Labute approximate surface area is 177 Å². The molecule has 0 aliphatic carbocycles. The van der Waals surface area contributed by atoms with Crippen molar-refractivity contribution in [1.29, 1.82) is 0 Å². The van der Waals surface area contributed by atoms with E-state index in [-0.39, 0.29) is 0 Å². The van der Waals surface area contributed by atoms with Crippen LogP contribution in [0.4, 0.5) is 5.82 Å². The van der Waals surface area contributed by atoms with Crippen molar-refractivity contribution in [3.05, 3.63) is 12.2 Å². The van der Waals surface area contributed by atoms with Crippen LogP contribution in [0.1, 0.15) is 39.3 Å². The Morgan fingerprint density at radius 1 is 1.27 bits per heavy atom. The van der Waals surface area contributed by atoms with Crippen LogP contribution in [-0.4, -0.2) is 76.9 Å². The second-order valence-electron chi connectivity index (χ2n) is 6.86. The van der Waals surface area contributed by atoms with Crippen LogP contribution in [0, 0.1) is 0 Å². The Hall–Kier alpha value is -2.28. The zero-order valence-corrected chi connectivity index (χ0v) is 17.6. The quantitative estimate of drug-likeness (QED) is 0.183. The van der Waals surface area contributed by atoms with Gasteiger partial charge in [0.25, 0.3) is 0 Å². The van der Waals surface area contributed by atoms with Crippen LogP contribution in [0.15, 0.2) is 17.3 Å². The van der Waals surface area contributed by atoms with Gasteiger partial charge in [-0.3, -0.25) is 0 Å². The summed E-state index contributed by atoms with van der Waals surface area (Å²) in [6.45, 7) is 4.87. The van der Waals surface area contributed by atoms with E-state index in [0.717, 1.165) is 37.6 Å². The first-order valence-electron chi connectivity index (χ1n) is 9.88. The molecule has 0 saturated carbocycles. The number of aliphatic hydroxyl groups is 2. The Kier molecular flexibility index (Phi) is 7.58. The first-order chi connectivity index (χ1) is 14.5. The maximum absolute atomic E-state index is 10.8. The van der Waals surface area contributed by atoms with Crippen molar-refractivity contribution in [2.75, 3.05) is 17.6 Å². The molecule has 3 heterocycles. The minimum Gasteiger partial charge on any atom is -0.478 e. The molecule has 1 fully saturated rings. The summed E-state index contributed by atoms with van der Waals surface area (Å²) < 4.78 is 6.98. The highest BCUT2D eigenvalue weighted by Crippen LogP contribution is 2.33. The van der Waals surface area contributed by atoms with E-state index in [1.807, 2.05) is 0 Å². The Morgan fingerprint density at radius 3 is 2.77 bits per heavy atom. The molecule has 30 heavy (non-hydrogen) atoms. The number of carboxylic acids is 1. The Bertz CT molecular complexity index is 907. The van der Waals surface area contributed by atoms with Crippen LogP contribution in [0.3, 0.4) is 0 Å². The number of nitrogens with zero attached hydrogens (tertiary/aromatic N) is 5. The summed E-state index contributed by atoms with van der Waals surface area (Å²) in [5.74, 6) is 0.210. The van der Waals surface area contributed by atoms with Gasteiger partial charge in [-0.2, -0.15) is 4.68 Å². The number of aromatic nitrogens is 5. The number of ether oxygens (including phenoxy) is 1. The van der Waals surface area contributed by atoms with Gasteiger partial charge in [0, 0.05) is 18.4 Å². The van der Waals surface area contributed by atoms with Gasteiger partial charge in [-0.1, -0.05) is 37.2 Å². The van der Waals surface area contributed by atoms with Gasteiger partial charge in [0.15, 0.2) is 28.4 Å². The zero-order chi connectivity index (χ0) is 21.7. The van der Waals surface area contributed by atoms with Gasteiger partial charge in [-0.15, -0.1) is 5.10 Å². The minimum absolute atomic E-state index is 0.363. The Balaban J connectivity index is 1.95. The predicted molar refractivity (Wildman–Crippen MR) is 110 cm³/mol. The fourth-order valence-corrected chi connectivity index (χ4v) is 3.66. The van der Waals surface area contributed by atoms with E-state index >= 15 is 0 Å². The van der Waals surface area contributed by atoms with E-state index < -0.39 is 30.5 Å². The molecule has 1 aliphatic rings. The number of aliphatic carboxylic acids is 1. The summed E-state index contributed by atoms with van der Waals surface area (Å²) in [6.07, 6.45) is 0.261. The summed E-state index contributed by atoms with van der Waals surface area (Å²) in [5, 5.41) is 41.6. The molecular formula is C18H26N6O5S. The van der Waals surface area contributed by atoms with Crippen molar-refractivity contribution in [3.63, 3.8) is 0 Å². The molecule has 0 radical (unpaired) electrons. The number of carboxylic acid groups (broad SMARTS) is 1. The van der Waals surface area contributed by atoms with Gasteiger partial charge in [0.1, 0.15) is 18.3 Å². The fourth-order valence-electron chi connectivity index (χ4n) is 2.97. The number of fused-ring (bicyclic) bond motifs is 1. The van der Waals surface area contributed by atoms with Crippen LogP contribution < -0.4 is 5.32 Å². The molecule has 1 saturated heterocycles. The third-order valence-corrected chi connectivity index (χ3v) is 5.56. The number of hydrogen-bond donors (Lipinski definition) is 4. The van der Waals surface area contributed by atoms with E-state index in [1.54, 1.807) is 0 Å². The van der Waals surface area contributed by atoms with Gasteiger partial charge in [0.05, 0.1) is 0 Å². The lowest BCUT2D eigenvalue weighted by Gasteiger charge is -2.15. The average Bonchev–Trinajstić information content (AvgIpc) is 3.26. The van der Waals surface area contributed by atoms with Crippen LogP contribution >= 0.6 is 11.8 Å². The summed E-state index contributed by atoms with van der Waals surface area (Å²) in [4.78, 5) is 19.8. The molecule has 0 unspecified atom stereocenters. The summed E-state index contributed by atoms with van der Waals surface area (Å²) in [6, 6.07) is 0. The predicted octanol–water partition coefficient (Wildman–Crippen LogP) is 1.20. The zero-order valence-electron chi connectivity index (χ0n) is 16.8. The van der Waals surface area contributed by atoms with Gasteiger partial charge < -0.3 is 25.4 Å². The molecule has 12 heteroatoms. The van der Waals surface area contributed by atoms with E-state index in [0.29, 0.717) is 22.1 Å². The highest BCUT2D eigenvalue weighted by molar-refractivity contribution is 7.99. The monoisotopic (exact) mass is 438 g/mol. The van der Waals surface area contributed by atoms with Gasteiger partial charge in [-0.25, -0.2) is 14.8 Å². The van der Waals surface area contributed by atoms with Crippen LogP contribution in [-0.2, 0) is 9.53 Å². The van der Waals surface area contributed by atoms with Crippen molar-refractivity contribution in [3.8, 4) is 0 Å². The van der Waals surface area contributed by atoms with Gasteiger partial charge in [-0.05, 0) is 18.9 Å². The number of thioether (sulfide) groups is 1. The molecule has 0 spiro atoms. The number of unbranched alkanes of at least 4 members (excludes halogenated alkanes) is 1. The minimum atomic E-state index is -1.34. The number of hydrogen-bond acceptors (Lipinski definition) is 10. The first-order valence-corrected chi connectivity index (χ1v) is 10.9. The molecule has 4 atom stereocenters. The van der Waals surface area contributed by atoms with Crippen molar-refractivity contribution in [2.24, 2.45) is 0 Å². The maximum atomic E-state index is 10.8. The van der Waals surface area contributed by atoms with Crippen molar-refractivity contribution in [2.45, 2.75) is 62.8 Å². The van der Waals surface area contributed by atoms with Gasteiger partial charge in [0.2, 0.25) is 0 Å². The lowest BCUT2D eigenvalue weighted by molar-refractivity contribution is -0.131. The lowest BCUT2D eigenvalue weighted by atomic mass is 10.1. The molecule has 2 aromatic rings. The third kappa shape index (κ3) is 4.89. The van der Waals surface area contributed by atoms with Crippen LogP contribution in [0.5, 0.6) is 0 Å². The van der Waals surface area contributed by atoms with E-state index in [2.05, 4.69) is 39.4 Å². The van der Waals surface area contributed by atoms with E-state index in [1.165, 1.54) is 22.5 Å². The highest BCUT2D eigenvalue weighted by atomic mass is 32.2. The van der Waals surface area contributed by atoms with Crippen molar-refractivity contribution < 1.29 is 24.9 Å². The number of anilines is 1. The van der Waals surface area contributed by atoms with Gasteiger partial charge >= 0.3 is 5.97 Å². The molecule has 4 N–H and O–H groups in total.